The molecule has 0 fully saturated rings. The van der Waals surface area contributed by atoms with Crippen LogP contribution in [0.2, 0.25) is 0 Å². The van der Waals surface area contributed by atoms with Crippen molar-refractivity contribution in [1.29, 1.82) is 0 Å². The Morgan fingerprint density at radius 1 is 0.469 bits per heavy atom. The minimum atomic E-state index is 0.179. The highest BCUT2D eigenvalue weighted by atomic mass is 16.5. The van der Waals surface area contributed by atoms with Gasteiger partial charge in [-0.1, -0.05) is 149 Å². The number of fused-ring (bicyclic) bond motifs is 2. The van der Waals surface area contributed by atoms with E-state index < -0.39 is 0 Å². The van der Waals surface area contributed by atoms with Gasteiger partial charge < -0.3 is 24.0 Å². The Morgan fingerprint density at radius 3 is 1.30 bits per heavy atom. The molecule has 0 saturated carbocycles. The van der Waals surface area contributed by atoms with E-state index in [0.29, 0.717) is 0 Å². The first-order valence-electron chi connectivity index (χ1n) is 24.4. The van der Waals surface area contributed by atoms with Crippen LogP contribution in [0.3, 0.4) is 0 Å². The minimum Gasteiger partial charge on any atom is -0.494 e. The second kappa shape index (κ2) is 25.0. The average Bonchev–Trinajstić information content (AvgIpc) is 3.33. The summed E-state index contributed by atoms with van der Waals surface area (Å²) in [5.74, 6) is 4.21. The molecule has 0 radical (unpaired) electrons. The van der Waals surface area contributed by atoms with Gasteiger partial charge in [-0.25, -0.2) is 0 Å². The van der Waals surface area contributed by atoms with E-state index in [1.165, 1.54) is 88.8 Å². The first-order valence-corrected chi connectivity index (χ1v) is 24.4. The molecule has 7 rings (SSSR count). The van der Waals surface area contributed by atoms with Gasteiger partial charge in [0.15, 0.2) is 0 Å². The van der Waals surface area contributed by atoms with Crippen LogP contribution < -0.4 is 24.0 Å². The van der Waals surface area contributed by atoms with Gasteiger partial charge in [0, 0.05) is 72.6 Å². The van der Waals surface area contributed by atoms with E-state index in [0.717, 1.165) is 75.2 Å². The molecule has 0 saturated heterocycles. The van der Waals surface area contributed by atoms with E-state index in [4.69, 9.17) is 14.2 Å². The molecule has 5 heteroatoms. The Bertz CT molecular complexity index is 2130. The molecular weight excluding hydrogens is 785 g/mol. The molecule has 5 nitrogen and oxygen atoms in total. The van der Waals surface area contributed by atoms with Crippen molar-refractivity contribution in [2.75, 3.05) is 49.2 Å². The monoisotopic (exact) mass is 859 g/mol. The third kappa shape index (κ3) is 12.7. The van der Waals surface area contributed by atoms with Gasteiger partial charge in [-0.05, 0) is 106 Å². The summed E-state index contributed by atoms with van der Waals surface area (Å²) in [6, 6.07) is 50.4. The number of nitrogens with zero attached hydrogens (tertiary/aromatic N) is 2. The lowest BCUT2D eigenvalue weighted by molar-refractivity contribution is 0.305. The van der Waals surface area contributed by atoms with Crippen LogP contribution in [-0.2, 0) is 0 Å². The van der Waals surface area contributed by atoms with E-state index in [-0.39, 0.29) is 11.8 Å². The number of hydrogen-bond acceptors (Lipinski definition) is 5. The van der Waals surface area contributed by atoms with Gasteiger partial charge in [0.25, 0.3) is 0 Å². The smallest absolute Gasteiger partial charge is 0.133 e. The highest BCUT2D eigenvalue weighted by Crippen LogP contribution is 2.49. The van der Waals surface area contributed by atoms with Crippen LogP contribution in [0.1, 0.15) is 144 Å². The van der Waals surface area contributed by atoms with Crippen LogP contribution in [0.15, 0.2) is 140 Å². The number of aryl methyl sites for hydroxylation is 1. The van der Waals surface area contributed by atoms with Crippen molar-refractivity contribution in [3.8, 4) is 23.0 Å². The number of anilines is 2. The molecule has 0 unspecified atom stereocenters. The maximum atomic E-state index is 6.54. The predicted molar refractivity (Wildman–Crippen MR) is 272 cm³/mol. The number of ether oxygens (including phenoxy) is 3. The van der Waals surface area contributed by atoms with Crippen LogP contribution in [-0.4, -0.2) is 39.4 Å². The van der Waals surface area contributed by atoms with Crippen LogP contribution in [0.5, 0.6) is 23.0 Å². The fourth-order valence-electron chi connectivity index (χ4n) is 8.85. The van der Waals surface area contributed by atoms with Crippen molar-refractivity contribution in [3.63, 3.8) is 0 Å². The Balaban J connectivity index is 0.000000214. The quantitative estimate of drug-likeness (QED) is 0.0501. The zero-order chi connectivity index (χ0) is 45.1. The number of rotatable bonds is 22. The normalized spacial score (nSPS) is 11.8. The van der Waals surface area contributed by atoms with Crippen molar-refractivity contribution in [3.05, 3.63) is 178 Å². The van der Waals surface area contributed by atoms with Crippen LogP contribution >= 0.6 is 0 Å². The average molecular weight is 859 g/mol. The lowest BCUT2D eigenvalue weighted by Crippen LogP contribution is -2.23. The molecule has 1 aliphatic rings. The molecule has 64 heavy (non-hydrogen) atoms. The highest BCUT2D eigenvalue weighted by Gasteiger charge is 2.30. The standard InChI is InChI=1S/C32H42O2.C27H32N2O/c1-4-6-8-10-24-33-30-20-16-28(17-21-30)32(27-14-12-26(3)13-15-27)29-18-22-31(23-19-29)34-25-11-9-7-5-2;1-5-28(6-2)21-14-16-23-25(18-21)30-26-19-22(29(7-3)8-4)15-17-24(26)27(23)20-12-10-9-11-13-20/h12-23,32H,4-11,24-25H2,1-3H3;9-19,27H,5-8H2,1-4H3. The van der Waals surface area contributed by atoms with Crippen LogP contribution in [0.25, 0.3) is 0 Å². The molecule has 6 aromatic carbocycles. The third-order valence-corrected chi connectivity index (χ3v) is 12.6. The number of benzene rings is 6. The van der Waals surface area contributed by atoms with Gasteiger partial charge in [0.1, 0.15) is 23.0 Å². The van der Waals surface area contributed by atoms with E-state index >= 15 is 0 Å². The summed E-state index contributed by atoms with van der Waals surface area (Å²) >= 11 is 0. The maximum absolute atomic E-state index is 6.54. The molecule has 1 heterocycles. The lowest BCUT2D eigenvalue weighted by atomic mass is 9.82. The van der Waals surface area contributed by atoms with Gasteiger partial charge >= 0.3 is 0 Å². The summed E-state index contributed by atoms with van der Waals surface area (Å²) in [7, 11) is 0. The first-order chi connectivity index (χ1) is 31.4. The topological polar surface area (TPSA) is 34.2 Å². The Kier molecular flexibility index (Phi) is 18.7. The molecule has 0 spiro atoms. The molecule has 0 amide bonds. The van der Waals surface area contributed by atoms with E-state index in [2.05, 4.69) is 198 Å². The molecule has 0 aliphatic carbocycles. The van der Waals surface area contributed by atoms with Crippen molar-refractivity contribution < 1.29 is 14.2 Å². The zero-order valence-corrected chi connectivity index (χ0v) is 40.0. The van der Waals surface area contributed by atoms with Gasteiger partial charge in [0.05, 0.1) is 13.2 Å². The predicted octanol–water partition coefficient (Wildman–Crippen LogP) is 15.8. The molecule has 0 atom stereocenters. The molecule has 1 aliphatic heterocycles. The van der Waals surface area contributed by atoms with E-state index in [1.807, 2.05) is 0 Å². The summed E-state index contributed by atoms with van der Waals surface area (Å²) in [6.45, 7) is 20.9. The van der Waals surface area contributed by atoms with Gasteiger partial charge in [-0.3, -0.25) is 0 Å². The largest absolute Gasteiger partial charge is 0.494 e. The van der Waals surface area contributed by atoms with Gasteiger partial charge in [-0.2, -0.15) is 0 Å². The second-order valence-corrected chi connectivity index (χ2v) is 17.0. The second-order valence-electron chi connectivity index (χ2n) is 17.0. The van der Waals surface area contributed by atoms with E-state index in [1.54, 1.807) is 0 Å². The molecule has 0 bridgehead atoms. The molecule has 0 aromatic heterocycles. The van der Waals surface area contributed by atoms with Crippen molar-refractivity contribution >= 4 is 11.4 Å². The summed E-state index contributed by atoms with van der Waals surface area (Å²) in [5, 5.41) is 0. The summed E-state index contributed by atoms with van der Waals surface area (Å²) in [5.41, 5.74) is 11.3. The Hall–Kier alpha value is -5.68. The third-order valence-electron chi connectivity index (χ3n) is 12.6. The van der Waals surface area contributed by atoms with Crippen molar-refractivity contribution in [2.24, 2.45) is 0 Å². The molecular formula is C59H74N2O3. The maximum Gasteiger partial charge on any atom is 0.133 e. The van der Waals surface area contributed by atoms with Gasteiger partial charge in [0.2, 0.25) is 0 Å². The Morgan fingerprint density at radius 2 is 0.891 bits per heavy atom. The zero-order valence-electron chi connectivity index (χ0n) is 40.0. The Labute approximate surface area is 386 Å². The summed E-state index contributed by atoms with van der Waals surface area (Å²) in [4.78, 5) is 4.73. The summed E-state index contributed by atoms with van der Waals surface area (Å²) in [6.07, 6.45) is 9.78. The fraction of sp³-hybridized carbons (Fsp3) is 0.390. The SMILES string of the molecule is CCCCCCOc1ccc(C(c2ccc(C)cc2)c2ccc(OCCCCCC)cc2)cc1.CCN(CC)c1ccc2c(c1)Oc1cc(N(CC)CC)ccc1C2c1ccccc1. The molecule has 0 N–H and O–H groups in total. The number of hydrogen-bond donors (Lipinski definition) is 0. The molecule has 338 valence electrons. The molecule has 6 aromatic rings. The first kappa shape index (κ1) is 47.8. The lowest BCUT2D eigenvalue weighted by Gasteiger charge is -2.32. The fourth-order valence-corrected chi connectivity index (χ4v) is 8.85. The van der Waals surface area contributed by atoms with E-state index in [9.17, 15) is 0 Å². The van der Waals surface area contributed by atoms with Crippen molar-refractivity contribution in [2.45, 2.75) is 112 Å². The highest BCUT2D eigenvalue weighted by molar-refractivity contribution is 5.66. The summed E-state index contributed by atoms with van der Waals surface area (Å²) < 4.78 is 18.5. The van der Waals surface area contributed by atoms with Crippen molar-refractivity contribution in [1.82, 2.24) is 0 Å². The number of unbranched alkanes of at least 4 members (excludes halogenated alkanes) is 6. The minimum absolute atomic E-state index is 0.179. The van der Waals surface area contributed by atoms with Crippen LogP contribution in [0, 0.1) is 6.92 Å². The van der Waals surface area contributed by atoms with Crippen LogP contribution in [0.4, 0.5) is 11.4 Å². The van der Waals surface area contributed by atoms with Gasteiger partial charge in [-0.15, -0.1) is 0 Å².